The number of ether oxygens (including phenoxy) is 1. The third-order valence-corrected chi connectivity index (χ3v) is 4.26. The molecular formula is C20H32O4. The van der Waals surface area contributed by atoms with Gasteiger partial charge in [0.2, 0.25) is 6.29 Å². The largest absolute Gasteiger partial charge is 0.429 e. The molecule has 24 heavy (non-hydrogen) atoms. The molecule has 4 heteroatoms. The zero-order valence-corrected chi connectivity index (χ0v) is 15.0. The maximum absolute atomic E-state index is 11.7. The van der Waals surface area contributed by atoms with Crippen molar-refractivity contribution in [1.29, 1.82) is 0 Å². The lowest BCUT2D eigenvalue weighted by molar-refractivity contribution is -0.151. The number of carbonyl (C=O) groups excluding carboxylic acids is 2. The third kappa shape index (κ3) is 9.66. The molecule has 1 atom stereocenters. The summed E-state index contributed by atoms with van der Waals surface area (Å²) in [5.74, 6) is -0.246. The van der Waals surface area contributed by atoms with Crippen LogP contribution in [0.4, 0.5) is 0 Å². The number of aliphatic hydroxyl groups is 1. The molecule has 1 heterocycles. The first-order valence-electron chi connectivity index (χ1n) is 9.42. The number of hydrogen-bond donors (Lipinski definition) is 1. The van der Waals surface area contributed by atoms with E-state index in [0.29, 0.717) is 18.4 Å². The van der Waals surface area contributed by atoms with E-state index in [4.69, 9.17) is 0 Å². The van der Waals surface area contributed by atoms with Crippen LogP contribution in [-0.2, 0) is 14.3 Å². The Labute approximate surface area is 146 Å². The van der Waals surface area contributed by atoms with E-state index in [0.717, 1.165) is 32.1 Å². The molecule has 0 amide bonds. The second-order valence-electron chi connectivity index (χ2n) is 6.49. The highest BCUT2D eigenvalue weighted by Gasteiger charge is 2.22. The summed E-state index contributed by atoms with van der Waals surface area (Å²) in [6.07, 6.45) is 16.5. The summed E-state index contributed by atoms with van der Waals surface area (Å²) in [7, 11) is 0. The summed E-state index contributed by atoms with van der Waals surface area (Å²) in [4.78, 5) is 22.7. The fourth-order valence-electron chi connectivity index (χ4n) is 2.78. The summed E-state index contributed by atoms with van der Waals surface area (Å²) in [5.41, 5.74) is 0.652. The summed E-state index contributed by atoms with van der Waals surface area (Å²) >= 11 is 0. The van der Waals surface area contributed by atoms with Crippen molar-refractivity contribution in [2.45, 2.75) is 90.3 Å². The summed E-state index contributed by atoms with van der Waals surface area (Å²) in [6.45, 7) is 2.22. The van der Waals surface area contributed by atoms with Gasteiger partial charge in [-0.3, -0.25) is 4.79 Å². The van der Waals surface area contributed by atoms with Crippen LogP contribution in [0.1, 0.15) is 84.0 Å². The van der Waals surface area contributed by atoms with Gasteiger partial charge in [-0.25, -0.2) is 4.79 Å². The van der Waals surface area contributed by atoms with Crippen LogP contribution in [0.15, 0.2) is 23.8 Å². The molecule has 0 aromatic carbocycles. The predicted molar refractivity (Wildman–Crippen MR) is 95.4 cm³/mol. The molecule has 4 nitrogen and oxygen atoms in total. The standard InChI is InChI=1S/C20H32O4/c1-2-3-4-5-6-7-11-14-18(21)15-12-9-8-10-13-17-16-19(22)24-20(17)23/h12,15-16,20,23H,2-11,13-14H2,1H3. The number of hydrogen-bond acceptors (Lipinski definition) is 4. The molecule has 0 aromatic heterocycles. The topological polar surface area (TPSA) is 63.6 Å². The van der Waals surface area contributed by atoms with E-state index < -0.39 is 12.3 Å². The van der Waals surface area contributed by atoms with E-state index in [2.05, 4.69) is 11.7 Å². The van der Waals surface area contributed by atoms with Crippen molar-refractivity contribution in [3.8, 4) is 0 Å². The van der Waals surface area contributed by atoms with Crippen LogP contribution in [0.25, 0.3) is 0 Å². The molecule has 136 valence electrons. The van der Waals surface area contributed by atoms with Gasteiger partial charge in [-0.15, -0.1) is 0 Å². The molecule has 0 radical (unpaired) electrons. The molecule has 0 fully saturated rings. The fraction of sp³-hybridized carbons (Fsp3) is 0.700. The molecule has 1 aliphatic rings. The monoisotopic (exact) mass is 336 g/mol. The van der Waals surface area contributed by atoms with Gasteiger partial charge in [0.1, 0.15) is 0 Å². The Bertz CT molecular complexity index is 437. The van der Waals surface area contributed by atoms with Crippen LogP contribution in [0.3, 0.4) is 0 Å². The first kappa shape index (κ1) is 20.6. The zero-order chi connectivity index (χ0) is 17.6. The molecule has 0 aliphatic carbocycles. The second kappa shape index (κ2) is 12.9. The molecule has 0 saturated heterocycles. The van der Waals surface area contributed by atoms with Crippen molar-refractivity contribution in [3.05, 3.63) is 23.8 Å². The Hall–Kier alpha value is -1.42. The summed E-state index contributed by atoms with van der Waals surface area (Å²) in [5, 5.41) is 9.43. The van der Waals surface area contributed by atoms with Crippen LogP contribution in [-0.4, -0.2) is 23.1 Å². The van der Waals surface area contributed by atoms with E-state index in [1.165, 1.54) is 38.2 Å². The SMILES string of the molecule is CCCCCCCCCC(=O)C=CCCCCC1=CC(=O)OC1O. The fourth-order valence-corrected chi connectivity index (χ4v) is 2.78. The molecule has 1 unspecified atom stereocenters. The normalized spacial score (nSPS) is 17.3. The molecule has 1 aliphatic heterocycles. The van der Waals surface area contributed by atoms with Gasteiger partial charge in [0.05, 0.1) is 0 Å². The van der Waals surface area contributed by atoms with Crippen LogP contribution in [0.5, 0.6) is 0 Å². The summed E-state index contributed by atoms with van der Waals surface area (Å²) in [6, 6.07) is 0. The Balaban J connectivity index is 1.95. The van der Waals surface area contributed by atoms with Gasteiger partial charge in [-0.2, -0.15) is 0 Å². The Kier molecular flexibility index (Phi) is 11.1. The number of unbranched alkanes of at least 4 members (excludes halogenated alkanes) is 8. The molecule has 1 N–H and O–H groups in total. The molecule has 0 saturated carbocycles. The zero-order valence-electron chi connectivity index (χ0n) is 15.0. The van der Waals surface area contributed by atoms with Crippen molar-refractivity contribution in [1.82, 2.24) is 0 Å². The summed E-state index contributed by atoms with van der Waals surface area (Å²) < 4.78 is 4.62. The van der Waals surface area contributed by atoms with Crippen LogP contribution in [0, 0.1) is 0 Å². The lowest BCUT2D eigenvalue weighted by atomic mass is 10.1. The average molecular weight is 336 g/mol. The van der Waals surface area contributed by atoms with Gasteiger partial charge in [-0.05, 0) is 38.2 Å². The minimum atomic E-state index is -1.06. The van der Waals surface area contributed by atoms with Crippen LogP contribution in [0.2, 0.25) is 0 Å². The van der Waals surface area contributed by atoms with Gasteiger partial charge in [-0.1, -0.05) is 51.5 Å². The third-order valence-electron chi connectivity index (χ3n) is 4.26. The van der Waals surface area contributed by atoms with Gasteiger partial charge in [0.25, 0.3) is 0 Å². The predicted octanol–water partition coefficient (Wildman–Crippen LogP) is 4.61. The smallest absolute Gasteiger partial charge is 0.333 e. The maximum atomic E-state index is 11.7. The van der Waals surface area contributed by atoms with Gasteiger partial charge in [0.15, 0.2) is 5.78 Å². The Morgan fingerprint density at radius 2 is 1.83 bits per heavy atom. The lowest BCUT2D eigenvalue weighted by Crippen LogP contribution is -2.09. The highest BCUT2D eigenvalue weighted by atomic mass is 16.6. The number of rotatable bonds is 14. The van der Waals surface area contributed by atoms with E-state index in [-0.39, 0.29) is 5.78 Å². The van der Waals surface area contributed by atoms with Crippen LogP contribution >= 0.6 is 0 Å². The number of allylic oxidation sites excluding steroid dienone is 2. The lowest BCUT2D eigenvalue weighted by Gasteiger charge is -2.06. The number of esters is 1. The number of aliphatic hydroxyl groups excluding tert-OH is 1. The van der Waals surface area contributed by atoms with Crippen molar-refractivity contribution >= 4 is 11.8 Å². The quantitative estimate of drug-likeness (QED) is 0.286. The molecular weight excluding hydrogens is 304 g/mol. The maximum Gasteiger partial charge on any atom is 0.333 e. The first-order chi connectivity index (χ1) is 11.6. The van der Waals surface area contributed by atoms with Crippen molar-refractivity contribution in [3.63, 3.8) is 0 Å². The number of cyclic esters (lactones) is 1. The highest BCUT2D eigenvalue weighted by molar-refractivity contribution is 5.89. The highest BCUT2D eigenvalue weighted by Crippen LogP contribution is 2.19. The van der Waals surface area contributed by atoms with Crippen molar-refractivity contribution in [2.24, 2.45) is 0 Å². The number of carbonyl (C=O) groups is 2. The van der Waals surface area contributed by atoms with Crippen molar-refractivity contribution < 1.29 is 19.4 Å². The van der Waals surface area contributed by atoms with E-state index in [1.54, 1.807) is 6.08 Å². The van der Waals surface area contributed by atoms with Crippen molar-refractivity contribution in [2.75, 3.05) is 0 Å². The minimum Gasteiger partial charge on any atom is -0.429 e. The van der Waals surface area contributed by atoms with E-state index >= 15 is 0 Å². The first-order valence-corrected chi connectivity index (χ1v) is 9.42. The average Bonchev–Trinajstić information content (AvgIpc) is 2.87. The Morgan fingerprint density at radius 1 is 1.12 bits per heavy atom. The number of ketones is 1. The minimum absolute atomic E-state index is 0.219. The van der Waals surface area contributed by atoms with E-state index in [1.807, 2.05) is 6.08 Å². The molecule has 0 spiro atoms. The van der Waals surface area contributed by atoms with Gasteiger partial charge in [0, 0.05) is 18.1 Å². The van der Waals surface area contributed by atoms with E-state index in [9.17, 15) is 14.7 Å². The molecule has 0 aromatic rings. The Morgan fingerprint density at radius 3 is 2.50 bits per heavy atom. The van der Waals surface area contributed by atoms with Gasteiger partial charge >= 0.3 is 5.97 Å². The molecule has 1 rings (SSSR count). The molecule has 0 bridgehead atoms. The van der Waals surface area contributed by atoms with Crippen LogP contribution < -0.4 is 0 Å². The second-order valence-corrected chi connectivity index (χ2v) is 6.49. The van der Waals surface area contributed by atoms with Gasteiger partial charge < -0.3 is 9.84 Å².